The van der Waals surface area contributed by atoms with E-state index in [-0.39, 0.29) is 18.1 Å². The van der Waals surface area contributed by atoms with Crippen LogP contribution >= 0.6 is 0 Å². The Morgan fingerprint density at radius 3 is 2.65 bits per heavy atom. The minimum Gasteiger partial charge on any atom is -0.380 e. The molecule has 1 N–H and O–H groups in total. The maximum absolute atomic E-state index is 12.4. The third kappa shape index (κ3) is 3.73. The number of hydrogen-bond acceptors (Lipinski definition) is 3. The molecule has 1 saturated carbocycles. The van der Waals surface area contributed by atoms with Crippen molar-refractivity contribution in [3.8, 4) is 0 Å². The summed E-state index contributed by atoms with van der Waals surface area (Å²) in [5.74, 6) is 0.926. The summed E-state index contributed by atoms with van der Waals surface area (Å²) in [5.41, 5.74) is 0. The Bertz CT molecular complexity index is 303. The molecule has 2 unspecified atom stereocenters. The van der Waals surface area contributed by atoms with E-state index in [2.05, 4.69) is 24.1 Å². The molecule has 4 heteroatoms. The van der Waals surface area contributed by atoms with Gasteiger partial charge in [-0.25, -0.2) is 0 Å². The zero-order valence-electron chi connectivity index (χ0n) is 13.1. The minimum atomic E-state index is 0.0243. The standard InChI is InChI=1S/C16H30N2O2/c1-3-5-11-20-12-10-18-15(13-8-6-7-9-13)17-14(4-2)16(18)19/h13-15,17H,3-12H2,1-2H3. The Morgan fingerprint density at radius 1 is 1.25 bits per heavy atom. The average molecular weight is 282 g/mol. The van der Waals surface area contributed by atoms with Crippen LogP contribution in [0.25, 0.3) is 0 Å². The molecule has 20 heavy (non-hydrogen) atoms. The van der Waals surface area contributed by atoms with Crippen LogP contribution in [0.1, 0.15) is 58.8 Å². The minimum absolute atomic E-state index is 0.0243. The Hall–Kier alpha value is -0.610. The lowest BCUT2D eigenvalue weighted by molar-refractivity contribution is -0.131. The summed E-state index contributed by atoms with van der Waals surface area (Å²) in [5, 5.41) is 3.56. The second kappa shape index (κ2) is 7.99. The largest absolute Gasteiger partial charge is 0.380 e. The lowest BCUT2D eigenvalue weighted by atomic mass is 10.0. The van der Waals surface area contributed by atoms with Gasteiger partial charge in [0.25, 0.3) is 0 Å². The van der Waals surface area contributed by atoms with E-state index < -0.39 is 0 Å². The van der Waals surface area contributed by atoms with Crippen molar-refractivity contribution in [1.29, 1.82) is 0 Å². The average Bonchev–Trinajstić information content (AvgIpc) is 3.07. The van der Waals surface area contributed by atoms with Crippen LogP contribution < -0.4 is 5.32 Å². The number of nitrogens with one attached hydrogen (secondary N) is 1. The first-order chi connectivity index (χ1) is 9.77. The maximum Gasteiger partial charge on any atom is 0.241 e. The smallest absolute Gasteiger partial charge is 0.241 e. The topological polar surface area (TPSA) is 41.6 Å². The molecule has 1 saturated heterocycles. The first-order valence-corrected chi connectivity index (χ1v) is 8.42. The van der Waals surface area contributed by atoms with Crippen LogP contribution in [0.4, 0.5) is 0 Å². The van der Waals surface area contributed by atoms with E-state index in [1.165, 1.54) is 25.7 Å². The molecule has 1 aliphatic carbocycles. The molecule has 0 spiro atoms. The predicted octanol–water partition coefficient (Wildman–Crippen LogP) is 2.53. The van der Waals surface area contributed by atoms with Gasteiger partial charge >= 0.3 is 0 Å². The van der Waals surface area contributed by atoms with Crippen LogP contribution in [-0.4, -0.2) is 42.8 Å². The molecule has 1 amide bonds. The second-order valence-corrected chi connectivity index (χ2v) is 6.11. The van der Waals surface area contributed by atoms with E-state index >= 15 is 0 Å². The van der Waals surface area contributed by atoms with Crippen molar-refractivity contribution >= 4 is 5.91 Å². The Labute approximate surface area is 123 Å². The molecule has 4 nitrogen and oxygen atoms in total. The van der Waals surface area contributed by atoms with Crippen LogP contribution in [0.2, 0.25) is 0 Å². The molecule has 0 aromatic heterocycles. The number of carbonyl (C=O) groups is 1. The molecular formula is C16H30N2O2. The highest BCUT2D eigenvalue weighted by atomic mass is 16.5. The molecule has 0 aromatic rings. The normalized spacial score (nSPS) is 27.7. The molecule has 2 rings (SSSR count). The maximum atomic E-state index is 12.4. The first kappa shape index (κ1) is 15.8. The van der Waals surface area contributed by atoms with Gasteiger partial charge in [-0.15, -0.1) is 0 Å². The molecule has 0 radical (unpaired) electrons. The molecule has 0 bridgehead atoms. The van der Waals surface area contributed by atoms with E-state index in [9.17, 15) is 4.79 Å². The summed E-state index contributed by atoms with van der Waals surface area (Å²) in [6.45, 7) is 6.49. The third-order valence-corrected chi connectivity index (χ3v) is 4.66. The van der Waals surface area contributed by atoms with Crippen molar-refractivity contribution < 1.29 is 9.53 Å². The van der Waals surface area contributed by atoms with Gasteiger partial charge in [-0.05, 0) is 31.6 Å². The number of ether oxygens (including phenoxy) is 1. The molecule has 2 atom stereocenters. The summed E-state index contributed by atoms with van der Waals surface area (Å²) in [7, 11) is 0. The lowest BCUT2D eigenvalue weighted by Crippen LogP contribution is -2.44. The Kier molecular flexibility index (Phi) is 6.30. The van der Waals surface area contributed by atoms with Gasteiger partial charge in [0.2, 0.25) is 5.91 Å². The summed E-state index contributed by atoms with van der Waals surface area (Å²) >= 11 is 0. The molecule has 1 aliphatic heterocycles. The highest BCUT2D eigenvalue weighted by Crippen LogP contribution is 2.32. The van der Waals surface area contributed by atoms with E-state index in [4.69, 9.17) is 4.74 Å². The molecule has 0 aromatic carbocycles. The fraction of sp³-hybridized carbons (Fsp3) is 0.938. The van der Waals surface area contributed by atoms with Crippen LogP contribution in [-0.2, 0) is 9.53 Å². The molecule has 2 aliphatic rings. The van der Waals surface area contributed by atoms with Crippen LogP contribution in [0.5, 0.6) is 0 Å². The Morgan fingerprint density at radius 2 is 2.00 bits per heavy atom. The zero-order chi connectivity index (χ0) is 14.4. The molecule has 1 heterocycles. The summed E-state index contributed by atoms with van der Waals surface area (Å²) in [4.78, 5) is 14.5. The van der Waals surface area contributed by atoms with Crippen molar-refractivity contribution in [2.45, 2.75) is 71.0 Å². The number of amides is 1. The van der Waals surface area contributed by atoms with Crippen molar-refractivity contribution in [1.82, 2.24) is 10.2 Å². The van der Waals surface area contributed by atoms with E-state index in [0.717, 1.165) is 32.4 Å². The summed E-state index contributed by atoms with van der Waals surface area (Å²) in [6, 6.07) is 0.0243. The predicted molar refractivity (Wildman–Crippen MR) is 80.4 cm³/mol. The van der Waals surface area contributed by atoms with Crippen molar-refractivity contribution in [2.75, 3.05) is 19.8 Å². The number of unbranched alkanes of at least 4 members (excludes halogenated alkanes) is 1. The van der Waals surface area contributed by atoms with Gasteiger partial charge in [0.1, 0.15) is 0 Å². The van der Waals surface area contributed by atoms with Gasteiger partial charge in [-0.3, -0.25) is 10.1 Å². The molecule has 2 fully saturated rings. The van der Waals surface area contributed by atoms with E-state index in [1.807, 2.05) is 0 Å². The van der Waals surface area contributed by atoms with Crippen molar-refractivity contribution in [2.24, 2.45) is 5.92 Å². The van der Waals surface area contributed by atoms with Crippen LogP contribution in [0, 0.1) is 5.92 Å². The number of rotatable bonds is 8. The fourth-order valence-corrected chi connectivity index (χ4v) is 3.42. The number of carbonyl (C=O) groups excluding carboxylic acids is 1. The van der Waals surface area contributed by atoms with Gasteiger partial charge < -0.3 is 9.64 Å². The monoisotopic (exact) mass is 282 g/mol. The molecular weight excluding hydrogens is 252 g/mol. The van der Waals surface area contributed by atoms with Crippen molar-refractivity contribution in [3.63, 3.8) is 0 Å². The first-order valence-electron chi connectivity index (χ1n) is 8.42. The SMILES string of the molecule is CCCCOCCN1C(=O)C(CC)NC1C1CCCC1. The quantitative estimate of drug-likeness (QED) is 0.696. The lowest BCUT2D eigenvalue weighted by Gasteiger charge is -2.28. The van der Waals surface area contributed by atoms with Crippen molar-refractivity contribution in [3.05, 3.63) is 0 Å². The summed E-state index contributed by atoms with van der Waals surface area (Å²) in [6.07, 6.45) is 8.55. The van der Waals surface area contributed by atoms with Gasteiger partial charge in [0.15, 0.2) is 0 Å². The van der Waals surface area contributed by atoms with E-state index in [1.54, 1.807) is 0 Å². The van der Waals surface area contributed by atoms with Gasteiger partial charge in [-0.2, -0.15) is 0 Å². The van der Waals surface area contributed by atoms with Crippen LogP contribution in [0.15, 0.2) is 0 Å². The molecule has 116 valence electrons. The second-order valence-electron chi connectivity index (χ2n) is 6.11. The zero-order valence-corrected chi connectivity index (χ0v) is 13.1. The van der Waals surface area contributed by atoms with Gasteiger partial charge in [-0.1, -0.05) is 33.1 Å². The number of nitrogens with zero attached hydrogens (tertiary/aromatic N) is 1. The van der Waals surface area contributed by atoms with Gasteiger partial charge in [0, 0.05) is 13.2 Å². The highest BCUT2D eigenvalue weighted by Gasteiger charge is 2.41. The Balaban J connectivity index is 1.85. The third-order valence-electron chi connectivity index (χ3n) is 4.66. The number of hydrogen-bond donors (Lipinski definition) is 1. The van der Waals surface area contributed by atoms with Gasteiger partial charge in [0.05, 0.1) is 18.8 Å². The van der Waals surface area contributed by atoms with Crippen LogP contribution in [0.3, 0.4) is 0 Å². The fourth-order valence-electron chi connectivity index (χ4n) is 3.42. The highest BCUT2D eigenvalue weighted by molar-refractivity contribution is 5.84. The van der Waals surface area contributed by atoms with E-state index in [0.29, 0.717) is 12.5 Å². The summed E-state index contributed by atoms with van der Waals surface area (Å²) < 4.78 is 5.64.